The summed E-state index contributed by atoms with van der Waals surface area (Å²) in [7, 11) is 0. The SMILES string of the molecule is Cc1cn(C2CCN(C(=O)CO)CC2)c2nc3c(-c4cnn(C5=CCCC=C5)c4)cnn3c(N)c12. The summed E-state index contributed by atoms with van der Waals surface area (Å²) in [4.78, 5) is 18.7. The Morgan fingerprint density at radius 1 is 1.14 bits per heavy atom. The molecule has 1 aliphatic carbocycles. The van der Waals surface area contributed by atoms with Crippen LogP contribution in [-0.4, -0.2) is 64.6 Å². The number of rotatable bonds is 4. The van der Waals surface area contributed by atoms with E-state index in [0.717, 1.165) is 59.1 Å². The summed E-state index contributed by atoms with van der Waals surface area (Å²) < 4.78 is 5.78. The lowest BCUT2D eigenvalue weighted by atomic mass is 10.0. The van der Waals surface area contributed by atoms with Crippen LogP contribution in [0.25, 0.3) is 33.5 Å². The number of aryl methyl sites for hydroxylation is 1. The first-order chi connectivity index (χ1) is 17.0. The lowest BCUT2D eigenvalue weighted by Crippen LogP contribution is -2.40. The number of allylic oxidation sites excluding steroid dienone is 4. The second-order valence-corrected chi connectivity index (χ2v) is 9.26. The van der Waals surface area contributed by atoms with Crippen LogP contribution in [0.4, 0.5) is 5.82 Å². The zero-order valence-corrected chi connectivity index (χ0v) is 19.6. The van der Waals surface area contributed by atoms with Crippen LogP contribution in [0.1, 0.15) is 37.3 Å². The molecule has 1 amide bonds. The molecular formula is C25H28N8O2. The third kappa shape index (κ3) is 3.52. The number of nitrogens with zero attached hydrogens (tertiary/aromatic N) is 7. The van der Waals surface area contributed by atoms with Gasteiger partial charge in [0.05, 0.1) is 23.5 Å². The summed E-state index contributed by atoms with van der Waals surface area (Å²) >= 11 is 0. The molecule has 1 aliphatic heterocycles. The van der Waals surface area contributed by atoms with Gasteiger partial charge in [0.2, 0.25) is 5.91 Å². The van der Waals surface area contributed by atoms with Crippen LogP contribution in [0.5, 0.6) is 0 Å². The number of hydrogen-bond acceptors (Lipinski definition) is 6. The smallest absolute Gasteiger partial charge is 0.248 e. The van der Waals surface area contributed by atoms with E-state index in [4.69, 9.17) is 10.7 Å². The van der Waals surface area contributed by atoms with Crippen LogP contribution in [0.15, 0.2) is 43.0 Å². The highest BCUT2D eigenvalue weighted by Crippen LogP contribution is 2.34. The van der Waals surface area contributed by atoms with Crippen molar-refractivity contribution in [2.75, 3.05) is 25.4 Å². The first-order valence-electron chi connectivity index (χ1n) is 12.0. The molecule has 6 rings (SSSR count). The third-order valence-electron chi connectivity index (χ3n) is 7.11. The number of hydrogen-bond donors (Lipinski definition) is 2. The lowest BCUT2D eigenvalue weighted by Gasteiger charge is -2.32. The van der Waals surface area contributed by atoms with Gasteiger partial charge in [-0.15, -0.1) is 0 Å². The zero-order valence-electron chi connectivity index (χ0n) is 19.6. The predicted octanol–water partition coefficient (Wildman–Crippen LogP) is 2.78. The van der Waals surface area contributed by atoms with Crippen LogP contribution in [0.2, 0.25) is 0 Å². The number of piperidine rings is 1. The van der Waals surface area contributed by atoms with Crippen molar-refractivity contribution < 1.29 is 9.90 Å². The molecule has 3 N–H and O–H groups in total. The molecular weight excluding hydrogens is 444 g/mol. The van der Waals surface area contributed by atoms with E-state index in [9.17, 15) is 9.90 Å². The number of aliphatic hydroxyl groups is 1. The number of carbonyl (C=O) groups excluding carboxylic acids is 1. The van der Waals surface area contributed by atoms with E-state index in [0.29, 0.717) is 24.6 Å². The van der Waals surface area contributed by atoms with Crippen molar-refractivity contribution in [1.82, 2.24) is 33.8 Å². The molecule has 4 aromatic heterocycles. The standard InChI is InChI=1S/C25H28N8O2/c1-16-13-31(18-7-9-30(10-8-18)21(35)15-34)25-22(16)23(26)33-24(29-25)20(12-28-33)17-11-27-32(14-17)19-5-3-2-4-6-19/h3,5-6,11-14,18,34H,2,4,7-10,15,26H2,1H3. The third-order valence-corrected chi connectivity index (χ3v) is 7.11. The van der Waals surface area contributed by atoms with Crippen molar-refractivity contribution in [3.05, 3.63) is 48.6 Å². The van der Waals surface area contributed by atoms with Crippen molar-refractivity contribution in [2.45, 2.75) is 38.6 Å². The first kappa shape index (κ1) is 21.6. The molecule has 0 radical (unpaired) electrons. The van der Waals surface area contributed by atoms with Gasteiger partial charge in [-0.05, 0) is 44.2 Å². The number of nitrogens with two attached hydrogens (primary N) is 1. The van der Waals surface area contributed by atoms with Crippen molar-refractivity contribution >= 4 is 34.1 Å². The molecule has 35 heavy (non-hydrogen) atoms. The van der Waals surface area contributed by atoms with E-state index in [1.807, 2.05) is 24.0 Å². The van der Waals surface area contributed by atoms with E-state index in [2.05, 4.69) is 39.2 Å². The van der Waals surface area contributed by atoms with Gasteiger partial charge in [0.15, 0.2) is 5.65 Å². The number of aliphatic hydroxyl groups excluding tert-OH is 1. The Kier molecular flexibility index (Phi) is 5.18. The highest BCUT2D eigenvalue weighted by atomic mass is 16.3. The quantitative estimate of drug-likeness (QED) is 0.471. The van der Waals surface area contributed by atoms with Crippen LogP contribution in [0.3, 0.4) is 0 Å². The Bertz CT molecular complexity index is 1500. The Morgan fingerprint density at radius 2 is 1.97 bits per heavy atom. The fraction of sp³-hybridized carbons (Fsp3) is 0.360. The van der Waals surface area contributed by atoms with Crippen molar-refractivity contribution in [3.8, 4) is 11.1 Å². The van der Waals surface area contributed by atoms with Gasteiger partial charge in [0, 0.05) is 42.7 Å². The number of likely N-dealkylation sites (tertiary alicyclic amines) is 1. The highest BCUT2D eigenvalue weighted by molar-refractivity contribution is 5.94. The van der Waals surface area contributed by atoms with E-state index in [-0.39, 0.29) is 11.9 Å². The molecule has 0 aromatic carbocycles. The molecule has 1 saturated heterocycles. The predicted molar refractivity (Wildman–Crippen MR) is 133 cm³/mol. The van der Waals surface area contributed by atoms with Gasteiger partial charge in [-0.1, -0.05) is 12.2 Å². The Balaban J connectivity index is 1.40. The normalized spacial score (nSPS) is 17.0. The number of amides is 1. The van der Waals surface area contributed by atoms with Crippen LogP contribution < -0.4 is 5.73 Å². The molecule has 10 nitrogen and oxygen atoms in total. The molecule has 5 heterocycles. The van der Waals surface area contributed by atoms with Crippen LogP contribution in [0, 0.1) is 6.92 Å². The van der Waals surface area contributed by atoms with E-state index >= 15 is 0 Å². The van der Waals surface area contributed by atoms with Crippen molar-refractivity contribution in [2.24, 2.45) is 0 Å². The maximum absolute atomic E-state index is 11.9. The second kappa shape index (κ2) is 8.38. The Hall–Kier alpha value is -3.92. The van der Waals surface area contributed by atoms with E-state index in [1.165, 1.54) is 0 Å². The van der Waals surface area contributed by atoms with Crippen LogP contribution >= 0.6 is 0 Å². The number of aromatic nitrogens is 6. The molecule has 0 saturated carbocycles. The Morgan fingerprint density at radius 3 is 2.71 bits per heavy atom. The molecule has 180 valence electrons. The zero-order chi connectivity index (χ0) is 24.1. The monoisotopic (exact) mass is 472 g/mol. The van der Waals surface area contributed by atoms with Gasteiger partial charge in [-0.3, -0.25) is 4.79 Å². The lowest BCUT2D eigenvalue weighted by molar-refractivity contribution is -0.135. The molecule has 0 spiro atoms. The summed E-state index contributed by atoms with van der Waals surface area (Å²) in [5.41, 5.74) is 12.0. The Labute approximate surface area is 201 Å². The maximum atomic E-state index is 11.9. The largest absolute Gasteiger partial charge is 0.387 e. The summed E-state index contributed by atoms with van der Waals surface area (Å²) in [6, 6.07) is 0.197. The van der Waals surface area contributed by atoms with E-state index < -0.39 is 6.61 Å². The fourth-order valence-electron chi connectivity index (χ4n) is 5.25. The first-order valence-corrected chi connectivity index (χ1v) is 12.0. The topological polar surface area (TPSA) is 120 Å². The summed E-state index contributed by atoms with van der Waals surface area (Å²) in [6.45, 7) is 2.82. The van der Waals surface area contributed by atoms with Crippen molar-refractivity contribution in [3.63, 3.8) is 0 Å². The molecule has 4 aromatic rings. The minimum Gasteiger partial charge on any atom is -0.387 e. The number of nitrogen functional groups attached to an aromatic ring is 1. The van der Waals surface area contributed by atoms with Gasteiger partial charge >= 0.3 is 0 Å². The molecule has 0 bridgehead atoms. The van der Waals surface area contributed by atoms with Gasteiger partial charge in [-0.25, -0.2) is 9.67 Å². The van der Waals surface area contributed by atoms with Gasteiger partial charge in [-0.2, -0.15) is 14.7 Å². The highest BCUT2D eigenvalue weighted by Gasteiger charge is 2.26. The average Bonchev–Trinajstić information content (AvgIpc) is 3.62. The number of carbonyl (C=O) groups is 1. The fourth-order valence-corrected chi connectivity index (χ4v) is 5.25. The maximum Gasteiger partial charge on any atom is 0.248 e. The van der Waals surface area contributed by atoms with Gasteiger partial charge in [0.25, 0.3) is 0 Å². The minimum absolute atomic E-state index is 0.197. The molecule has 10 heteroatoms. The number of fused-ring (bicyclic) bond motifs is 2. The van der Waals surface area contributed by atoms with E-state index in [1.54, 1.807) is 15.6 Å². The summed E-state index contributed by atoms with van der Waals surface area (Å²) in [5.74, 6) is 0.343. The second-order valence-electron chi connectivity index (χ2n) is 9.26. The molecule has 1 fully saturated rings. The number of anilines is 1. The van der Waals surface area contributed by atoms with Crippen LogP contribution in [-0.2, 0) is 4.79 Å². The average molecular weight is 473 g/mol. The summed E-state index contributed by atoms with van der Waals surface area (Å²) in [5, 5.41) is 19.2. The molecule has 2 aliphatic rings. The minimum atomic E-state index is -0.444. The molecule has 0 atom stereocenters. The summed E-state index contributed by atoms with van der Waals surface area (Å²) in [6.07, 6.45) is 17.8. The van der Waals surface area contributed by atoms with Gasteiger partial charge in [0.1, 0.15) is 18.1 Å². The van der Waals surface area contributed by atoms with Gasteiger partial charge < -0.3 is 20.3 Å². The molecule has 0 unspecified atom stereocenters. The van der Waals surface area contributed by atoms with Crippen molar-refractivity contribution in [1.29, 1.82) is 0 Å².